The number of hydrogen-bond donors (Lipinski definition) is 2. The fourth-order valence-electron chi connectivity index (χ4n) is 1.31. The molecular weight excluding hydrogens is 192 g/mol. The third kappa shape index (κ3) is 4.54. The van der Waals surface area contributed by atoms with E-state index in [0.29, 0.717) is 6.42 Å². The summed E-state index contributed by atoms with van der Waals surface area (Å²) in [5.74, 6) is 0.882. The van der Waals surface area contributed by atoms with Gasteiger partial charge in [-0.25, -0.2) is 4.79 Å². The summed E-state index contributed by atoms with van der Waals surface area (Å²) in [5, 5.41) is 5.61. The van der Waals surface area contributed by atoms with E-state index in [9.17, 15) is 4.79 Å². The summed E-state index contributed by atoms with van der Waals surface area (Å²) in [4.78, 5) is 11.3. The van der Waals surface area contributed by atoms with Crippen LogP contribution in [0, 0.1) is 0 Å². The molecule has 1 aromatic heterocycles. The molecule has 0 aliphatic carbocycles. The maximum atomic E-state index is 11.3. The highest BCUT2D eigenvalue weighted by molar-refractivity contribution is 5.74. The number of urea groups is 1. The molecule has 1 unspecified atom stereocenters. The molecule has 0 bridgehead atoms. The molecule has 0 radical (unpaired) electrons. The summed E-state index contributed by atoms with van der Waals surface area (Å²) in [6.07, 6.45) is 2.34. The maximum Gasteiger partial charge on any atom is 0.315 e. The average Bonchev–Trinajstić information content (AvgIpc) is 2.53. The zero-order valence-corrected chi connectivity index (χ0v) is 9.41. The van der Waals surface area contributed by atoms with Crippen LogP contribution in [0.5, 0.6) is 0 Å². The Bertz CT molecular complexity index is 294. The van der Waals surface area contributed by atoms with E-state index in [1.54, 1.807) is 6.26 Å². The van der Waals surface area contributed by atoms with Crippen LogP contribution in [0.15, 0.2) is 22.8 Å². The highest BCUT2D eigenvalue weighted by Gasteiger charge is 2.09. The van der Waals surface area contributed by atoms with Crippen molar-refractivity contribution in [2.45, 2.75) is 39.3 Å². The summed E-state index contributed by atoms with van der Waals surface area (Å²) in [6, 6.07) is 3.83. The highest BCUT2D eigenvalue weighted by atomic mass is 16.3. The van der Waals surface area contributed by atoms with Crippen LogP contribution in [0.25, 0.3) is 0 Å². The van der Waals surface area contributed by atoms with E-state index in [1.165, 1.54) is 0 Å². The Balaban J connectivity index is 2.29. The summed E-state index contributed by atoms with van der Waals surface area (Å²) >= 11 is 0. The van der Waals surface area contributed by atoms with Gasteiger partial charge in [0.2, 0.25) is 0 Å². The van der Waals surface area contributed by atoms with Crippen molar-refractivity contribution in [3.63, 3.8) is 0 Å². The molecule has 0 aliphatic rings. The molecule has 4 heteroatoms. The summed E-state index contributed by atoms with van der Waals surface area (Å²) in [5.41, 5.74) is 0. The van der Waals surface area contributed by atoms with Crippen LogP contribution in [-0.4, -0.2) is 18.1 Å². The normalized spacial score (nSPS) is 12.5. The number of nitrogens with one attached hydrogen (secondary N) is 2. The summed E-state index contributed by atoms with van der Waals surface area (Å²) in [6.45, 7) is 5.80. The van der Waals surface area contributed by atoms with Gasteiger partial charge in [0.25, 0.3) is 0 Å². The molecule has 1 aromatic rings. The number of furan rings is 1. The predicted octanol–water partition coefficient (Wildman–Crippen LogP) is 1.92. The highest BCUT2D eigenvalue weighted by Crippen LogP contribution is 2.03. The molecule has 1 heterocycles. The smallest absolute Gasteiger partial charge is 0.315 e. The topological polar surface area (TPSA) is 54.3 Å². The van der Waals surface area contributed by atoms with Crippen LogP contribution in [0.1, 0.15) is 26.5 Å². The van der Waals surface area contributed by atoms with Crippen molar-refractivity contribution >= 4 is 6.03 Å². The fourth-order valence-corrected chi connectivity index (χ4v) is 1.31. The second kappa shape index (κ2) is 5.44. The molecule has 15 heavy (non-hydrogen) atoms. The van der Waals surface area contributed by atoms with Gasteiger partial charge in [0.05, 0.1) is 6.26 Å². The van der Waals surface area contributed by atoms with E-state index in [4.69, 9.17) is 4.42 Å². The van der Waals surface area contributed by atoms with E-state index in [0.717, 1.165) is 5.76 Å². The van der Waals surface area contributed by atoms with E-state index in [1.807, 2.05) is 32.9 Å². The molecule has 0 aromatic carbocycles. The lowest BCUT2D eigenvalue weighted by Crippen LogP contribution is -2.44. The van der Waals surface area contributed by atoms with E-state index >= 15 is 0 Å². The molecule has 1 rings (SSSR count). The Morgan fingerprint density at radius 1 is 1.40 bits per heavy atom. The van der Waals surface area contributed by atoms with Crippen LogP contribution in [-0.2, 0) is 6.42 Å². The van der Waals surface area contributed by atoms with Crippen molar-refractivity contribution in [1.82, 2.24) is 10.6 Å². The standard InChI is InChI=1S/C11H18N2O2/c1-8(2)12-11(14)13-9(3)7-10-5-4-6-15-10/h4-6,8-9H,7H2,1-3H3,(H2,12,13,14). The number of rotatable bonds is 4. The lowest BCUT2D eigenvalue weighted by atomic mass is 10.2. The van der Waals surface area contributed by atoms with E-state index < -0.39 is 0 Å². The van der Waals surface area contributed by atoms with Gasteiger partial charge in [0.15, 0.2) is 0 Å². The molecule has 4 nitrogen and oxygen atoms in total. The molecule has 2 N–H and O–H groups in total. The average molecular weight is 210 g/mol. The lowest BCUT2D eigenvalue weighted by Gasteiger charge is -2.15. The SMILES string of the molecule is CC(C)NC(=O)NC(C)Cc1ccco1. The first-order valence-corrected chi connectivity index (χ1v) is 5.17. The third-order valence-electron chi connectivity index (χ3n) is 1.88. The Morgan fingerprint density at radius 2 is 2.13 bits per heavy atom. The van der Waals surface area contributed by atoms with E-state index in [2.05, 4.69) is 10.6 Å². The largest absolute Gasteiger partial charge is 0.469 e. The summed E-state index contributed by atoms with van der Waals surface area (Å²) in [7, 11) is 0. The number of carbonyl (C=O) groups is 1. The first-order chi connectivity index (χ1) is 7.08. The van der Waals surface area contributed by atoms with Crippen LogP contribution >= 0.6 is 0 Å². The Morgan fingerprint density at radius 3 is 2.67 bits per heavy atom. The van der Waals surface area contributed by atoms with Crippen molar-refractivity contribution in [3.8, 4) is 0 Å². The number of carbonyl (C=O) groups excluding carboxylic acids is 1. The van der Waals surface area contributed by atoms with Crippen LogP contribution in [0.3, 0.4) is 0 Å². The Hall–Kier alpha value is -1.45. The Labute approximate surface area is 90.0 Å². The zero-order chi connectivity index (χ0) is 11.3. The molecule has 0 aliphatic heterocycles. The van der Waals surface area contributed by atoms with Crippen LogP contribution < -0.4 is 10.6 Å². The van der Waals surface area contributed by atoms with Gasteiger partial charge in [-0.1, -0.05) is 0 Å². The monoisotopic (exact) mass is 210 g/mol. The minimum atomic E-state index is -0.135. The molecule has 84 valence electrons. The first kappa shape index (κ1) is 11.6. The molecule has 0 spiro atoms. The molecule has 0 saturated carbocycles. The lowest BCUT2D eigenvalue weighted by molar-refractivity contribution is 0.235. The van der Waals surface area contributed by atoms with Gasteiger partial charge >= 0.3 is 6.03 Å². The van der Waals surface area contributed by atoms with Crippen molar-refractivity contribution in [3.05, 3.63) is 24.2 Å². The minimum absolute atomic E-state index is 0.0647. The zero-order valence-electron chi connectivity index (χ0n) is 9.41. The van der Waals surface area contributed by atoms with Gasteiger partial charge in [-0.3, -0.25) is 0 Å². The third-order valence-corrected chi connectivity index (χ3v) is 1.88. The molecule has 2 amide bonds. The Kier molecular flexibility index (Phi) is 4.21. The van der Waals surface area contributed by atoms with Crippen molar-refractivity contribution in [2.24, 2.45) is 0 Å². The number of amides is 2. The quantitative estimate of drug-likeness (QED) is 0.797. The van der Waals surface area contributed by atoms with Crippen molar-refractivity contribution in [1.29, 1.82) is 0 Å². The van der Waals surface area contributed by atoms with Gasteiger partial charge in [-0.2, -0.15) is 0 Å². The van der Waals surface area contributed by atoms with Crippen molar-refractivity contribution < 1.29 is 9.21 Å². The second-order valence-electron chi connectivity index (χ2n) is 3.96. The minimum Gasteiger partial charge on any atom is -0.469 e. The van der Waals surface area contributed by atoms with Gasteiger partial charge < -0.3 is 15.1 Å². The van der Waals surface area contributed by atoms with E-state index in [-0.39, 0.29) is 18.1 Å². The number of hydrogen-bond acceptors (Lipinski definition) is 2. The molecular formula is C11H18N2O2. The van der Waals surface area contributed by atoms with Gasteiger partial charge in [-0.15, -0.1) is 0 Å². The second-order valence-corrected chi connectivity index (χ2v) is 3.96. The van der Waals surface area contributed by atoms with Crippen LogP contribution in [0.2, 0.25) is 0 Å². The summed E-state index contributed by atoms with van der Waals surface area (Å²) < 4.78 is 5.20. The van der Waals surface area contributed by atoms with Gasteiger partial charge in [-0.05, 0) is 32.9 Å². The van der Waals surface area contributed by atoms with Crippen LogP contribution in [0.4, 0.5) is 4.79 Å². The molecule has 1 atom stereocenters. The maximum absolute atomic E-state index is 11.3. The fraction of sp³-hybridized carbons (Fsp3) is 0.545. The molecule has 0 fully saturated rings. The van der Waals surface area contributed by atoms with Crippen molar-refractivity contribution in [2.75, 3.05) is 0 Å². The predicted molar refractivity (Wildman–Crippen MR) is 58.7 cm³/mol. The van der Waals surface area contributed by atoms with Gasteiger partial charge in [0.1, 0.15) is 5.76 Å². The first-order valence-electron chi connectivity index (χ1n) is 5.17. The molecule has 0 saturated heterocycles. The van der Waals surface area contributed by atoms with Gasteiger partial charge in [0, 0.05) is 18.5 Å².